The summed E-state index contributed by atoms with van der Waals surface area (Å²) < 4.78 is 6.24. The molecule has 2 heterocycles. The van der Waals surface area contributed by atoms with Gasteiger partial charge in [0.25, 0.3) is 5.91 Å². The first-order valence-corrected chi connectivity index (χ1v) is 10.8. The minimum absolute atomic E-state index is 0.0931. The normalized spacial score (nSPS) is 16.5. The van der Waals surface area contributed by atoms with Crippen molar-refractivity contribution in [3.63, 3.8) is 0 Å². The number of halogens is 1. The van der Waals surface area contributed by atoms with E-state index >= 15 is 0 Å². The topological polar surface area (TPSA) is 122 Å². The lowest BCUT2D eigenvalue weighted by Gasteiger charge is -2.33. The Kier molecular flexibility index (Phi) is 6.99. The minimum atomic E-state index is -0.618. The number of nitrogens with two attached hydrogens (primary N) is 1. The largest absolute Gasteiger partial charge is 0.444 e. The Morgan fingerprint density at radius 1 is 1.32 bits per heavy atom. The van der Waals surface area contributed by atoms with E-state index in [0.717, 1.165) is 29.5 Å². The van der Waals surface area contributed by atoms with Crippen molar-refractivity contribution >= 4 is 45.4 Å². The molecule has 9 nitrogen and oxygen atoms in total. The Labute approximate surface area is 189 Å². The standard InChI is InChI=1S/C21H27BrN6O3/c1-21(2,3)31-20(30)26-15-8-5-9-28(12-15)19-24-11-16(17(23)29)18(27-19)25-14-7-4-6-13(22)10-14/h4,6-7,10-11,15H,5,8-9,12H2,1-3H3,(H2,23,29)(H,26,30)(H,24,25,27)/t15-/m0/s1. The van der Waals surface area contributed by atoms with E-state index in [0.29, 0.717) is 18.3 Å². The van der Waals surface area contributed by atoms with Gasteiger partial charge in [0.05, 0.1) is 0 Å². The van der Waals surface area contributed by atoms with Gasteiger partial charge in [-0.1, -0.05) is 22.0 Å². The molecule has 3 rings (SSSR count). The van der Waals surface area contributed by atoms with Crippen LogP contribution < -0.4 is 21.3 Å². The number of nitrogens with zero attached hydrogens (tertiary/aromatic N) is 3. The quantitative estimate of drug-likeness (QED) is 0.585. The molecule has 1 aliphatic rings. The maximum Gasteiger partial charge on any atom is 0.407 e. The van der Waals surface area contributed by atoms with Crippen LogP contribution >= 0.6 is 15.9 Å². The molecule has 31 heavy (non-hydrogen) atoms. The van der Waals surface area contributed by atoms with E-state index in [1.165, 1.54) is 6.20 Å². The van der Waals surface area contributed by atoms with Gasteiger partial charge in [0.15, 0.2) is 0 Å². The molecule has 1 saturated heterocycles. The van der Waals surface area contributed by atoms with Gasteiger partial charge in [0.1, 0.15) is 17.0 Å². The van der Waals surface area contributed by atoms with Gasteiger partial charge in [0, 0.05) is 35.5 Å². The van der Waals surface area contributed by atoms with Crippen LogP contribution in [0.15, 0.2) is 34.9 Å². The van der Waals surface area contributed by atoms with Gasteiger partial charge in [-0.05, 0) is 51.8 Å². The first-order chi connectivity index (χ1) is 14.6. The van der Waals surface area contributed by atoms with Crippen LogP contribution in [0, 0.1) is 0 Å². The Morgan fingerprint density at radius 3 is 2.77 bits per heavy atom. The molecule has 0 bridgehead atoms. The zero-order chi connectivity index (χ0) is 22.6. The first-order valence-electron chi connectivity index (χ1n) is 10.0. The minimum Gasteiger partial charge on any atom is -0.444 e. The molecule has 1 aromatic carbocycles. The molecule has 10 heteroatoms. The van der Waals surface area contributed by atoms with Crippen molar-refractivity contribution in [3.05, 3.63) is 40.5 Å². The van der Waals surface area contributed by atoms with Crippen LogP contribution in [0.5, 0.6) is 0 Å². The maximum atomic E-state index is 12.1. The summed E-state index contributed by atoms with van der Waals surface area (Å²) >= 11 is 3.43. The third-order valence-electron chi connectivity index (χ3n) is 4.55. The van der Waals surface area contributed by atoms with Crippen molar-refractivity contribution < 1.29 is 14.3 Å². The third-order valence-corrected chi connectivity index (χ3v) is 5.05. The predicted molar refractivity (Wildman–Crippen MR) is 123 cm³/mol. The molecule has 0 saturated carbocycles. The molecule has 1 atom stereocenters. The fraction of sp³-hybridized carbons (Fsp3) is 0.429. The number of piperidine rings is 1. The van der Waals surface area contributed by atoms with Gasteiger partial charge in [-0.15, -0.1) is 0 Å². The lowest BCUT2D eigenvalue weighted by atomic mass is 10.1. The number of amides is 2. The Morgan fingerprint density at radius 2 is 2.10 bits per heavy atom. The number of aromatic nitrogens is 2. The molecule has 4 N–H and O–H groups in total. The number of anilines is 3. The van der Waals surface area contributed by atoms with E-state index in [2.05, 4.69) is 36.5 Å². The van der Waals surface area contributed by atoms with Crippen LogP contribution in [-0.4, -0.2) is 46.7 Å². The number of rotatable bonds is 5. The van der Waals surface area contributed by atoms with Gasteiger partial charge >= 0.3 is 6.09 Å². The first kappa shape index (κ1) is 22.8. The SMILES string of the molecule is CC(C)(C)OC(=O)N[C@H]1CCCN(c2ncc(C(N)=O)c(Nc3cccc(Br)c3)n2)C1. The van der Waals surface area contributed by atoms with Crippen molar-refractivity contribution in [1.29, 1.82) is 0 Å². The zero-order valence-electron chi connectivity index (χ0n) is 17.8. The third kappa shape index (κ3) is 6.55. The summed E-state index contributed by atoms with van der Waals surface area (Å²) in [6, 6.07) is 7.41. The second-order valence-corrected chi connectivity index (χ2v) is 9.28. The van der Waals surface area contributed by atoms with Gasteiger partial charge < -0.3 is 26.0 Å². The number of alkyl carbamates (subject to hydrolysis) is 1. The summed E-state index contributed by atoms with van der Waals surface area (Å²) in [5.74, 6) is 0.170. The van der Waals surface area contributed by atoms with E-state index in [4.69, 9.17) is 10.5 Å². The summed E-state index contributed by atoms with van der Waals surface area (Å²) in [6.45, 7) is 6.75. The molecule has 0 unspecified atom stereocenters. The Balaban J connectivity index is 1.77. The second-order valence-electron chi connectivity index (χ2n) is 8.36. The number of primary amides is 1. The van der Waals surface area contributed by atoms with Crippen molar-refractivity contribution in [2.45, 2.75) is 45.3 Å². The highest BCUT2D eigenvalue weighted by Crippen LogP contribution is 2.24. The Hall–Kier alpha value is -2.88. The van der Waals surface area contributed by atoms with Gasteiger partial charge in [-0.3, -0.25) is 4.79 Å². The fourth-order valence-electron chi connectivity index (χ4n) is 3.25. The number of carbonyl (C=O) groups excluding carboxylic acids is 2. The van der Waals surface area contributed by atoms with Gasteiger partial charge in [0.2, 0.25) is 5.95 Å². The van der Waals surface area contributed by atoms with Crippen molar-refractivity contribution in [3.8, 4) is 0 Å². The van der Waals surface area contributed by atoms with Crippen LogP contribution in [0.2, 0.25) is 0 Å². The molecular formula is C21H27BrN6O3. The number of ether oxygens (including phenoxy) is 1. The average Bonchev–Trinajstić information content (AvgIpc) is 2.66. The van der Waals surface area contributed by atoms with E-state index in [-0.39, 0.29) is 11.6 Å². The number of carbonyl (C=O) groups is 2. The zero-order valence-corrected chi connectivity index (χ0v) is 19.4. The lowest BCUT2D eigenvalue weighted by Crippen LogP contribution is -2.49. The summed E-state index contributed by atoms with van der Waals surface area (Å²) in [6.07, 6.45) is 2.67. The molecule has 0 radical (unpaired) electrons. The van der Waals surface area contributed by atoms with E-state index < -0.39 is 17.6 Å². The highest BCUT2D eigenvalue weighted by Gasteiger charge is 2.26. The number of hydrogen-bond donors (Lipinski definition) is 3. The highest BCUT2D eigenvalue weighted by molar-refractivity contribution is 9.10. The van der Waals surface area contributed by atoms with Crippen LogP contribution in [-0.2, 0) is 4.74 Å². The molecule has 0 aliphatic carbocycles. The maximum absolute atomic E-state index is 12.1. The van der Waals surface area contributed by atoms with Crippen molar-refractivity contribution in [2.24, 2.45) is 5.73 Å². The molecule has 1 fully saturated rings. The van der Waals surface area contributed by atoms with Gasteiger partial charge in [-0.25, -0.2) is 9.78 Å². The molecule has 1 aromatic heterocycles. The second kappa shape index (κ2) is 9.51. The van der Waals surface area contributed by atoms with E-state index in [9.17, 15) is 9.59 Å². The monoisotopic (exact) mass is 490 g/mol. The smallest absolute Gasteiger partial charge is 0.407 e. The van der Waals surface area contributed by atoms with Crippen molar-refractivity contribution in [1.82, 2.24) is 15.3 Å². The summed E-state index contributed by atoms with van der Waals surface area (Å²) in [5, 5.41) is 6.06. The molecule has 0 spiro atoms. The van der Waals surface area contributed by atoms with Crippen LogP contribution in [0.1, 0.15) is 44.0 Å². The molecule has 166 valence electrons. The molecule has 2 aromatic rings. The van der Waals surface area contributed by atoms with E-state index in [1.54, 1.807) is 0 Å². The molecule has 2 amide bonds. The Bertz CT molecular complexity index is 962. The fourth-order valence-corrected chi connectivity index (χ4v) is 3.65. The van der Waals surface area contributed by atoms with Crippen LogP contribution in [0.4, 0.5) is 22.2 Å². The number of hydrogen-bond acceptors (Lipinski definition) is 7. The van der Waals surface area contributed by atoms with Crippen molar-refractivity contribution in [2.75, 3.05) is 23.3 Å². The van der Waals surface area contributed by atoms with Gasteiger partial charge in [-0.2, -0.15) is 4.98 Å². The summed E-state index contributed by atoms with van der Waals surface area (Å²) in [7, 11) is 0. The summed E-state index contributed by atoms with van der Waals surface area (Å²) in [5.41, 5.74) is 5.91. The predicted octanol–water partition coefficient (Wildman–Crippen LogP) is 3.58. The average molecular weight is 491 g/mol. The molecule has 1 aliphatic heterocycles. The van der Waals surface area contributed by atoms with Crippen LogP contribution in [0.3, 0.4) is 0 Å². The van der Waals surface area contributed by atoms with Crippen LogP contribution in [0.25, 0.3) is 0 Å². The van der Waals surface area contributed by atoms with E-state index in [1.807, 2.05) is 49.9 Å². The highest BCUT2D eigenvalue weighted by atomic mass is 79.9. The number of benzene rings is 1. The summed E-state index contributed by atoms with van der Waals surface area (Å²) in [4.78, 5) is 34.9. The molecular weight excluding hydrogens is 464 g/mol. The number of nitrogens with one attached hydrogen (secondary N) is 2. The lowest BCUT2D eigenvalue weighted by molar-refractivity contribution is 0.0499.